The van der Waals surface area contributed by atoms with Gasteiger partial charge in [-0.3, -0.25) is 0 Å². The fourth-order valence-corrected chi connectivity index (χ4v) is 2.30. The molecular weight excluding hydrogens is 228 g/mol. The normalized spacial score (nSPS) is 11.8. The van der Waals surface area contributed by atoms with Crippen LogP contribution in [0, 0.1) is 6.92 Å². The molecule has 0 heterocycles. The van der Waals surface area contributed by atoms with Crippen molar-refractivity contribution in [3.05, 3.63) is 17.7 Å². The van der Waals surface area contributed by atoms with Gasteiger partial charge in [-0.25, -0.2) is 12.7 Å². The first kappa shape index (κ1) is 12.8. The molecule has 0 aliphatic heterocycles. The summed E-state index contributed by atoms with van der Waals surface area (Å²) >= 11 is 0. The number of rotatable bonds is 3. The molecule has 1 aromatic rings. The third kappa shape index (κ3) is 2.12. The van der Waals surface area contributed by atoms with Crippen LogP contribution in [0.3, 0.4) is 0 Å². The summed E-state index contributed by atoms with van der Waals surface area (Å²) in [6.07, 6.45) is 0. The van der Waals surface area contributed by atoms with Gasteiger partial charge in [-0.1, -0.05) is 0 Å². The number of benzene rings is 1. The number of nitrogens with zero attached hydrogens (tertiary/aromatic N) is 1. The number of ether oxygens (including phenoxy) is 1. The fourth-order valence-electron chi connectivity index (χ4n) is 1.24. The third-order valence-corrected chi connectivity index (χ3v) is 4.15. The van der Waals surface area contributed by atoms with Gasteiger partial charge >= 0.3 is 0 Å². The lowest BCUT2D eigenvalue weighted by Gasteiger charge is -2.15. The maximum atomic E-state index is 12.0. The standard InChI is InChI=1S/C10H16N2O3S/c1-7-5-9(15-4)10(6-8(7)11)16(13,14)12(2)3/h5-6H,11H2,1-4H3. The second-order valence-electron chi connectivity index (χ2n) is 3.65. The molecule has 0 saturated heterocycles. The average Bonchev–Trinajstić information content (AvgIpc) is 2.20. The highest BCUT2D eigenvalue weighted by Gasteiger charge is 2.23. The Morgan fingerprint density at radius 3 is 2.31 bits per heavy atom. The van der Waals surface area contributed by atoms with E-state index >= 15 is 0 Å². The zero-order valence-corrected chi connectivity index (χ0v) is 10.6. The van der Waals surface area contributed by atoms with Crippen LogP contribution in [0.2, 0.25) is 0 Å². The van der Waals surface area contributed by atoms with E-state index in [1.165, 1.54) is 27.3 Å². The summed E-state index contributed by atoms with van der Waals surface area (Å²) in [7, 11) is 0.826. The van der Waals surface area contributed by atoms with Crippen LogP contribution in [-0.4, -0.2) is 33.9 Å². The van der Waals surface area contributed by atoms with Gasteiger partial charge in [-0.15, -0.1) is 0 Å². The lowest BCUT2D eigenvalue weighted by atomic mass is 10.2. The highest BCUT2D eigenvalue weighted by atomic mass is 32.2. The van der Waals surface area contributed by atoms with E-state index in [0.717, 1.165) is 9.87 Å². The van der Waals surface area contributed by atoms with E-state index in [1.54, 1.807) is 13.0 Å². The molecule has 0 aliphatic carbocycles. The maximum absolute atomic E-state index is 12.0. The first-order valence-corrected chi connectivity index (χ1v) is 6.11. The molecule has 16 heavy (non-hydrogen) atoms. The van der Waals surface area contributed by atoms with Gasteiger partial charge in [0.05, 0.1) is 7.11 Å². The first-order valence-electron chi connectivity index (χ1n) is 4.67. The summed E-state index contributed by atoms with van der Waals surface area (Å²) in [6.45, 7) is 1.80. The Morgan fingerprint density at radius 1 is 1.31 bits per heavy atom. The molecule has 1 aromatic carbocycles. The van der Waals surface area contributed by atoms with Crippen molar-refractivity contribution in [1.29, 1.82) is 0 Å². The van der Waals surface area contributed by atoms with Crippen molar-refractivity contribution in [3.63, 3.8) is 0 Å². The molecule has 0 amide bonds. The molecule has 0 radical (unpaired) electrons. The average molecular weight is 244 g/mol. The number of hydrogen-bond acceptors (Lipinski definition) is 4. The van der Waals surface area contributed by atoms with Crippen LogP contribution in [-0.2, 0) is 10.0 Å². The van der Waals surface area contributed by atoms with E-state index in [4.69, 9.17) is 10.5 Å². The molecule has 0 spiro atoms. The van der Waals surface area contributed by atoms with E-state index in [0.29, 0.717) is 11.4 Å². The summed E-state index contributed by atoms with van der Waals surface area (Å²) in [5.74, 6) is 0.306. The summed E-state index contributed by atoms with van der Waals surface area (Å²) in [6, 6.07) is 3.04. The SMILES string of the molecule is COc1cc(C)c(N)cc1S(=O)(=O)N(C)C. The van der Waals surface area contributed by atoms with E-state index in [9.17, 15) is 8.42 Å². The van der Waals surface area contributed by atoms with Crippen molar-refractivity contribution in [1.82, 2.24) is 4.31 Å². The minimum absolute atomic E-state index is 0.0862. The van der Waals surface area contributed by atoms with Crippen LogP contribution in [0.4, 0.5) is 5.69 Å². The number of nitrogens with two attached hydrogens (primary N) is 1. The number of aryl methyl sites for hydroxylation is 1. The van der Waals surface area contributed by atoms with Crippen LogP contribution >= 0.6 is 0 Å². The fraction of sp³-hybridized carbons (Fsp3) is 0.400. The molecule has 6 heteroatoms. The van der Waals surface area contributed by atoms with Crippen LogP contribution < -0.4 is 10.5 Å². The minimum Gasteiger partial charge on any atom is -0.495 e. The molecule has 0 bridgehead atoms. The molecule has 1 rings (SSSR count). The first-order chi connectivity index (χ1) is 7.30. The Bertz CT molecular complexity index is 495. The van der Waals surface area contributed by atoms with Gasteiger partial charge in [0.25, 0.3) is 0 Å². The molecule has 2 N–H and O–H groups in total. The van der Waals surface area contributed by atoms with Crippen molar-refractivity contribution in [3.8, 4) is 5.75 Å². The molecule has 5 nitrogen and oxygen atoms in total. The predicted octanol–water partition coefficient (Wildman–Crippen LogP) is 0.836. The van der Waals surface area contributed by atoms with Gasteiger partial charge in [0, 0.05) is 19.8 Å². The van der Waals surface area contributed by atoms with Gasteiger partial charge in [0.2, 0.25) is 10.0 Å². The van der Waals surface area contributed by atoms with E-state index in [2.05, 4.69) is 0 Å². The van der Waals surface area contributed by atoms with Crippen LogP contribution in [0.1, 0.15) is 5.56 Å². The summed E-state index contributed by atoms with van der Waals surface area (Å²) in [5.41, 5.74) is 6.92. The van der Waals surface area contributed by atoms with Gasteiger partial charge in [-0.05, 0) is 24.6 Å². The third-order valence-electron chi connectivity index (χ3n) is 2.31. The van der Waals surface area contributed by atoms with Gasteiger partial charge < -0.3 is 10.5 Å². The zero-order valence-electron chi connectivity index (χ0n) is 9.81. The van der Waals surface area contributed by atoms with E-state index in [-0.39, 0.29) is 4.90 Å². The Kier molecular flexibility index (Phi) is 3.44. The number of sulfonamides is 1. The predicted molar refractivity (Wildman–Crippen MR) is 63.0 cm³/mol. The topological polar surface area (TPSA) is 72.6 Å². The van der Waals surface area contributed by atoms with Gasteiger partial charge in [-0.2, -0.15) is 0 Å². The lowest BCUT2D eigenvalue weighted by Crippen LogP contribution is -2.23. The molecule has 0 aromatic heterocycles. The quantitative estimate of drug-likeness (QED) is 0.800. The van der Waals surface area contributed by atoms with E-state index < -0.39 is 10.0 Å². The molecule has 0 atom stereocenters. The number of hydrogen-bond donors (Lipinski definition) is 1. The van der Waals surface area contributed by atoms with Crippen LogP contribution in [0.5, 0.6) is 5.75 Å². The minimum atomic E-state index is -3.53. The van der Waals surface area contributed by atoms with Crippen molar-refractivity contribution in [2.45, 2.75) is 11.8 Å². The number of nitrogen functional groups attached to an aromatic ring is 1. The molecule has 0 aliphatic rings. The number of anilines is 1. The zero-order chi connectivity index (χ0) is 12.5. The van der Waals surface area contributed by atoms with Crippen molar-refractivity contribution >= 4 is 15.7 Å². The smallest absolute Gasteiger partial charge is 0.246 e. The highest BCUT2D eigenvalue weighted by molar-refractivity contribution is 7.89. The second-order valence-corrected chi connectivity index (χ2v) is 5.77. The summed E-state index contributed by atoms with van der Waals surface area (Å²) in [5, 5.41) is 0. The van der Waals surface area contributed by atoms with E-state index in [1.807, 2.05) is 0 Å². The lowest BCUT2D eigenvalue weighted by molar-refractivity contribution is 0.400. The van der Waals surface area contributed by atoms with Crippen LogP contribution in [0.15, 0.2) is 17.0 Å². The second kappa shape index (κ2) is 4.31. The Labute approximate surface area is 95.9 Å². The molecular formula is C10H16N2O3S. The largest absolute Gasteiger partial charge is 0.495 e. The molecule has 0 saturated carbocycles. The molecule has 0 unspecified atom stereocenters. The van der Waals surface area contributed by atoms with Crippen molar-refractivity contribution in [2.24, 2.45) is 0 Å². The highest BCUT2D eigenvalue weighted by Crippen LogP contribution is 2.30. The van der Waals surface area contributed by atoms with Crippen molar-refractivity contribution < 1.29 is 13.2 Å². The van der Waals surface area contributed by atoms with Gasteiger partial charge in [0.1, 0.15) is 10.6 Å². The Morgan fingerprint density at radius 2 is 1.88 bits per heavy atom. The number of methoxy groups -OCH3 is 1. The Hall–Kier alpha value is -1.27. The van der Waals surface area contributed by atoms with Gasteiger partial charge in [0.15, 0.2) is 0 Å². The van der Waals surface area contributed by atoms with Crippen LogP contribution in [0.25, 0.3) is 0 Å². The summed E-state index contributed by atoms with van der Waals surface area (Å²) in [4.78, 5) is 0.0862. The summed E-state index contributed by atoms with van der Waals surface area (Å²) < 4.78 is 30.1. The monoisotopic (exact) mass is 244 g/mol. The Balaban J connectivity index is 3.50. The van der Waals surface area contributed by atoms with Crippen molar-refractivity contribution in [2.75, 3.05) is 26.9 Å². The maximum Gasteiger partial charge on any atom is 0.246 e. The molecule has 0 fully saturated rings. The molecule has 90 valence electrons.